The van der Waals surface area contributed by atoms with E-state index >= 15 is 0 Å². The minimum Gasteiger partial charge on any atom is -0.389 e. The molecule has 1 saturated heterocycles. The van der Waals surface area contributed by atoms with Gasteiger partial charge in [0.05, 0.1) is 6.10 Å². The van der Waals surface area contributed by atoms with Crippen molar-refractivity contribution < 1.29 is 23.4 Å². The standard InChI is InChI=1S/C15H15FN2O4S/c1-8(19)9-2-3-10-7-17(14(21)11(10)6-9)12-4-5-13(20)18(23-16)15(12)22/h2-3,6,8,12,19H,4-5,7H2,1H3. The summed E-state index contributed by atoms with van der Waals surface area (Å²) in [5.41, 5.74) is 1.81. The van der Waals surface area contributed by atoms with Crippen LogP contribution in [0.25, 0.3) is 0 Å². The van der Waals surface area contributed by atoms with Gasteiger partial charge in [0.25, 0.3) is 11.8 Å². The van der Waals surface area contributed by atoms with E-state index in [0.717, 1.165) is 5.56 Å². The summed E-state index contributed by atoms with van der Waals surface area (Å²) in [6.45, 7) is 1.84. The fourth-order valence-corrected chi connectivity index (χ4v) is 3.32. The lowest BCUT2D eigenvalue weighted by atomic mass is 10.0. The van der Waals surface area contributed by atoms with Crippen LogP contribution in [-0.2, 0) is 16.1 Å². The van der Waals surface area contributed by atoms with Crippen molar-refractivity contribution in [1.82, 2.24) is 9.21 Å². The highest BCUT2D eigenvalue weighted by atomic mass is 32.2. The molecule has 3 rings (SSSR count). The fourth-order valence-electron chi connectivity index (χ4n) is 2.96. The second-order valence-electron chi connectivity index (χ2n) is 5.68. The van der Waals surface area contributed by atoms with E-state index in [-0.39, 0.29) is 25.3 Å². The van der Waals surface area contributed by atoms with Gasteiger partial charge in [0.2, 0.25) is 5.91 Å². The Morgan fingerprint density at radius 1 is 1.35 bits per heavy atom. The van der Waals surface area contributed by atoms with E-state index in [0.29, 0.717) is 15.4 Å². The monoisotopic (exact) mass is 338 g/mol. The molecular weight excluding hydrogens is 323 g/mol. The van der Waals surface area contributed by atoms with E-state index in [1.165, 1.54) is 4.90 Å². The number of hydrogen-bond donors (Lipinski definition) is 1. The summed E-state index contributed by atoms with van der Waals surface area (Å²) < 4.78 is 13.3. The quantitative estimate of drug-likeness (QED) is 0.671. The highest BCUT2D eigenvalue weighted by Gasteiger charge is 2.43. The molecule has 2 aliphatic rings. The van der Waals surface area contributed by atoms with Crippen LogP contribution in [0.4, 0.5) is 3.89 Å². The van der Waals surface area contributed by atoms with Crippen molar-refractivity contribution in [1.29, 1.82) is 0 Å². The van der Waals surface area contributed by atoms with Gasteiger partial charge in [0.15, 0.2) is 12.3 Å². The van der Waals surface area contributed by atoms with Gasteiger partial charge in [-0.15, -0.1) is 3.89 Å². The van der Waals surface area contributed by atoms with Gasteiger partial charge in [0, 0.05) is 18.5 Å². The maximum absolute atomic E-state index is 12.8. The van der Waals surface area contributed by atoms with E-state index in [1.54, 1.807) is 25.1 Å². The second-order valence-corrected chi connectivity index (χ2v) is 6.18. The largest absolute Gasteiger partial charge is 0.389 e. The summed E-state index contributed by atoms with van der Waals surface area (Å²) in [4.78, 5) is 37.7. The fraction of sp³-hybridized carbons (Fsp3) is 0.400. The first kappa shape index (κ1) is 15.9. The van der Waals surface area contributed by atoms with Gasteiger partial charge in [-0.2, -0.15) is 4.31 Å². The zero-order chi connectivity index (χ0) is 16.7. The number of amides is 3. The predicted octanol–water partition coefficient (Wildman–Crippen LogP) is 1.75. The highest BCUT2D eigenvalue weighted by Crippen LogP contribution is 2.32. The molecule has 8 heteroatoms. The molecule has 1 fully saturated rings. The Labute approximate surface area is 136 Å². The Balaban J connectivity index is 1.87. The van der Waals surface area contributed by atoms with Crippen LogP contribution in [0.1, 0.15) is 47.4 Å². The summed E-state index contributed by atoms with van der Waals surface area (Å²) >= 11 is -0.421. The minimum absolute atomic E-state index is 0.0202. The van der Waals surface area contributed by atoms with Crippen molar-refractivity contribution in [3.05, 3.63) is 34.9 Å². The number of rotatable bonds is 3. The Morgan fingerprint density at radius 2 is 2.09 bits per heavy atom. The lowest BCUT2D eigenvalue weighted by molar-refractivity contribution is -0.145. The number of nitrogens with zero attached hydrogens (tertiary/aromatic N) is 2. The number of carbonyl (C=O) groups is 3. The van der Waals surface area contributed by atoms with E-state index < -0.39 is 36.3 Å². The summed E-state index contributed by atoms with van der Waals surface area (Å²) in [6, 6.07) is 4.25. The zero-order valence-corrected chi connectivity index (χ0v) is 13.2. The number of halogens is 1. The molecule has 1 aromatic rings. The molecule has 0 aromatic heterocycles. The third kappa shape index (κ3) is 2.61. The van der Waals surface area contributed by atoms with E-state index in [9.17, 15) is 23.4 Å². The molecule has 1 aromatic carbocycles. The minimum atomic E-state index is -0.842. The molecule has 0 spiro atoms. The van der Waals surface area contributed by atoms with Gasteiger partial charge in [0.1, 0.15) is 6.04 Å². The van der Waals surface area contributed by atoms with Crippen molar-refractivity contribution in [2.75, 3.05) is 0 Å². The number of fused-ring (bicyclic) bond motifs is 1. The van der Waals surface area contributed by atoms with Gasteiger partial charge in [-0.3, -0.25) is 14.4 Å². The van der Waals surface area contributed by atoms with Crippen molar-refractivity contribution in [2.24, 2.45) is 0 Å². The van der Waals surface area contributed by atoms with Crippen LogP contribution in [-0.4, -0.2) is 38.1 Å². The summed E-state index contributed by atoms with van der Waals surface area (Å²) in [6.07, 6.45) is -0.487. The number of aliphatic hydroxyl groups excluding tert-OH is 1. The number of carbonyl (C=O) groups excluding carboxylic acids is 3. The van der Waals surface area contributed by atoms with Crippen molar-refractivity contribution in [3.8, 4) is 0 Å². The molecule has 2 aliphatic heterocycles. The maximum Gasteiger partial charge on any atom is 0.264 e. The second kappa shape index (κ2) is 5.93. The average Bonchev–Trinajstić information content (AvgIpc) is 2.84. The number of imide groups is 1. The summed E-state index contributed by atoms with van der Waals surface area (Å²) in [5.74, 6) is -1.62. The van der Waals surface area contributed by atoms with Crippen LogP contribution in [0, 0.1) is 0 Å². The van der Waals surface area contributed by atoms with Crippen LogP contribution in [0.5, 0.6) is 0 Å². The van der Waals surface area contributed by atoms with E-state index in [2.05, 4.69) is 0 Å². The third-order valence-electron chi connectivity index (χ3n) is 4.24. The van der Waals surface area contributed by atoms with Crippen LogP contribution in [0.3, 0.4) is 0 Å². The predicted molar refractivity (Wildman–Crippen MR) is 80.5 cm³/mol. The van der Waals surface area contributed by atoms with E-state index in [1.807, 2.05) is 0 Å². The highest BCUT2D eigenvalue weighted by molar-refractivity contribution is 7.93. The van der Waals surface area contributed by atoms with Crippen molar-refractivity contribution in [3.63, 3.8) is 0 Å². The molecule has 2 heterocycles. The molecular formula is C15H15FN2O4S. The molecule has 0 aliphatic carbocycles. The number of piperidine rings is 1. The van der Waals surface area contributed by atoms with Gasteiger partial charge in [-0.1, -0.05) is 12.1 Å². The Morgan fingerprint density at radius 3 is 2.74 bits per heavy atom. The average molecular weight is 338 g/mol. The smallest absolute Gasteiger partial charge is 0.264 e. The lowest BCUT2D eigenvalue weighted by Crippen LogP contribution is -2.51. The molecule has 23 heavy (non-hydrogen) atoms. The molecule has 6 nitrogen and oxygen atoms in total. The number of hydrogen-bond acceptors (Lipinski definition) is 5. The van der Waals surface area contributed by atoms with E-state index in [4.69, 9.17) is 0 Å². The van der Waals surface area contributed by atoms with Gasteiger partial charge in [-0.25, -0.2) is 0 Å². The van der Waals surface area contributed by atoms with Gasteiger partial charge >= 0.3 is 0 Å². The van der Waals surface area contributed by atoms with Crippen LogP contribution in [0.2, 0.25) is 0 Å². The Bertz CT molecular complexity index is 694. The molecule has 122 valence electrons. The molecule has 1 N–H and O–H groups in total. The van der Waals surface area contributed by atoms with Crippen molar-refractivity contribution >= 4 is 30.1 Å². The Kier molecular flexibility index (Phi) is 4.11. The van der Waals surface area contributed by atoms with Gasteiger partial charge in [-0.05, 0) is 30.5 Å². The van der Waals surface area contributed by atoms with Crippen LogP contribution in [0.15, 0.2) is 18.2 Å². The SMILES string of the molecule is CC(O)c1ccc2c(c1)C(=O)N(C1CCC(=O)N(SF)C1=O)C2. The lowest BCUT2D eigenvalue weighted by Gasteiger charge is -2.32. The molecule has 0 radical (unpaired) electrons. The number of aliphatic hydroxyl groups is 1. The zero-order valence-electron chi connectivity index (χ0n) is 12.4. The normalized spacial score (nSPS) is 22.6. The van der Waals surface area contributed by atoms with Gasteiger partial charge < -0.3 is 10.0 Å². The molecule has 0 bridgehead atoms. The first-order chi connectivity index (χ1) is 10.9. The summed E-state index contributed by atoms with van der Waals surface area (Å²) in [5, 5.41) is 9.63. The molecule has 2 unspecified atom stereocenters. The summed E-state index contributed by atoms with van der Waals surface area (Å²) in [7, 11) is 0. The third-order valence-corrected chi connectivity index (χ3v) is 4.76. The van der Waals surface area contributed by atoms with Crippen LogP contribution < -0.4 is 0 Å². The molecule has 2 atom stereocenters. The van der Waals surface area contributed by atoms with Crippen molar-refractivity contribution in [2.45, 2.75) is 38.5 Å². The first-order valence-electron chi connectivity index (χ1n) is 7.21. The number of benzene rings is 1. The molecule has 0 saturated carbocycles. The topological polar surface area (TPSA) is 77.9 Å². The maximum atomic E-state index is 12.8. The van der Waals surface area contributed by atoms with Crippen LogP contribution >= 0.6 is 12.3 Å². The first-order valence-corrected chi connectivity index (χ1v) is 7.88. The molecule has 3 amide bonds. The Hall–Kier alpha value is -1.93.